The van der Waals surface area contributed by atoms with Crippen molar-refractivity contribution in [3.8, 4) is 0 Å². The van der Waals surface area contributed by atoms with Gasteiger partial charge in [0, 0.05) is 18.8 Å². The van der Waals surface area contributed by atoms with Crippen LogP contribution in [0.1, 0.15) is 18.4 Å². The number of thioether (sulfide) groups is 1. The van der Waals surface area contributed by atoms with Crippen LogP contribution in [0.4, 0.5) is 0 Å². The standard InChI is InChI=1S/C12H17N3OS/c1-13-6-9-2-5-12(14-7-9)17-8-11(16)15-10-3-4-10/h2,5,7,10,13H,3-4,6,8H2,1H3,(H,15,16). The Labute approximate surface area is 106 Å². The fraction of sp³-hybridized carbons (Fsp3) is 0.500. The van der Waals surface area contributed by atoms with Crippen LogP contribution in [0.2, 0.25) is 0 Å². The lowest BCUT2D eigenvalue weighted by atomic mass is 10.3. The van der Waals surface area contributed by atoms with E-state index in [9.17, 15) is 4.79 Å². The van der Waals surface area contributed by atoms with Gasteiger partial charge in [0.1, 0.15) is 0 Å². The molecule has 0 aromatic carbocycles. The Kier molecular flexibility index (Phi) is 4.39. The van der Waals surface area contributed by atoms with E-state index in [0.29, 0.717) is 11.8 Å². The van der Waals surface area contributed by atoms with Crippen molar-refractivity contribution in [2.45, 2.75) is 30.5 Å². The van der Waals surface area contributed by atoms with Crippen LogP contribution in [0.15, 0.2) is 23.4 Å². The van der Waals surface area contributed by atoms with Crippen molar-refractivity contribution in [2.75, 3.05) is 12.8 Å². The zero-order valence-corrected chi connectivity index (χ0v) is 10.7. The first-order valence-corrected chi connectivity index (χ1v) is 6.78. The van der Waals surface area contributed by atoms with Crippen molar-refractivity contribution >= 4 is 17.7 Å². The predicted molar refractivity (Wildman–Crippen MR) is 68.9 cm³/mol. The molecule has 1 amide bonds. The highest BCUT2D eigenvalue weighted by Gasteiger charge is 2.22. The minimum atomic E-state index is 0.110. The number of pyridine rings is 1. The van der Waals surface area contributed by atoms with Crippen LogP contribution in [0.5, 0.6) is 0 Å². The lowest BCUT2D eigenvalue weighted by molar-refractivity contribution is -0.118. The first-order valence-electron chi connectivity index (χ1n) is 5.79. The molecular weight excluding hydrogens is 234 g/mol. The molecule has 0 radical (unpaired) electrons. The quantitative estimate of drug-likeness (QED) is 0.745. The van der Waals surface area contributed by atoms with Gasteiger partial charge in [0.25, 0.3) is 0 Å². The molecule has 1 aromatic heterocycles. The highest BCUT2D eigenvalue weighted by molar-refractivity contribution is 7.99. The van der Waals surface area contributed by atoms with Crippen molar-refractivity contribution < 1.29 is 4.79 Å². The van der Waals surface area contributed by atoms with Gasteiger partial charge in [0.15, 0.2) is 0 Å². The number of carbonyl (C=O) groups excluding carboxylic acids is 1. The van der Waals surface area contributed by atoms with E-state index >= 15 is 0 Å². The maximum Gasteiger partial charge on any atom is 0.230 e. The molecule has 1 saturated carbocycles. The van der Waals surface area contributed by atoms with Gasteiger partial charge in [-0.2, -0.15) is 0 Å². The van der Waals surface area contributed by atoms with Crippen molar-refractivity contribution in [3.63, 3.8) is 0 Å². The van der Waals surface area contributed by atoms with Gasteiger partial charge in [0.05, 0.1) is 10.8 Å². The molecule has 0 bridgehead atoms. The summed E-state index contributed by atoms with van der Waals surface area (Å²) in [6.07, 6.45) is 4.11. The molecule has 0 atom stereocenters. The lowest BCUT2D eigenvalue weighted by Crippen LogP contribution is -2.27. The summed E-state index contributed by atoms with van der Waals surface area (Å²) in [5.41, 5.74) is 1.15. The van der Waals surface area contributed by atoms with Gasteiger partial charge in [-0.1, -0.05) is 17.8 Å². The number of carbonyl (C=O) groups is 1. The summed E-state index contributed by atoms with van der Waals surface area (Å²) in [6, 6.07) is 4.43. The fourth-order valence-electron chi connectivity index (χ4n) is 1.44. The maximum atomic E-state index is 11.5. The number of nitrogens with zero attached hydrogens (tertiary/aromatic N) is 1. The van der Waals surface area contributed by atoms with Crippen LogP contribution in [0, 0.1) is 0 Å². The Morgan fingerprint density at radius 3 is 2.94 bits per heavy atom. The molecule has 1 aliphatic rings. The van der Waals surface area contributed by atoms with E-state index in [1.807, 2.05) is 25.4 Å². The van der Waals surface area contributed by atoms with E-state index in [0.717, 1.165) is 30.0 Å². The third-order valence-electron chi connectivity index (χ3n) is 2.47. The van der Waals surface area contributed by atoms with E-state index in [1.165, 1.54) is 11.8 Å². The molecular formula is C12H17N3OS. The van der Waals surface area contributed by atoms with Gasteiger partial charge in [0.2, 0.25) is 5.91 Å². The summed E-state index contributed by atoms with van der Waals surface area (Å²) >= 11 is 1.48. The van der Waals surface area contributed by atoms with Crippen molar-refractivity contribution in [1.82, 2.24) is 15.6 Å². The zero-order valence-electron chi connectivity index (χ0n) is 9.90. The van der Waals surface area contributed by atoms with E-state index in [2.05, 4.69) is 15.6 Å². The summed E-state index contributed by atoms with van der Waals surface area (Å²) in [7, 11) is 1.91. The van der Waals surface area contributed by atoms with Crippen LogP contribution in [-0.2, 0) is 11.3 Å². The van der Waals surface area contributed by atoms with Crippen LogP contribution >= 0.6 is 11.8 Å². The molecule has 0 aliphatic heterocycles. The summed E-state index contributed by atoms with van der Waals surface area (Å²) in [4.78, 5) is 15.8. The second kappa shape index (κ2) is 6.02. The first kappa shape index (κ1) is 12.4. The highest BCUT2D eigenvalue weighted by Crippen LogP contribution is 2.20. The topological polar surface area (TPSA) is 54.0 Å². The highest BCUT2D eigenvalue weighted by atomic mass is 32.2. The molecule has 92 valence electrons. The van der Waals surface area contributed by atoms with E-state index in [4.69, 9.17) is 0 Å². The van der Waals surface area contributed by atoms with Gasteiger partial charge in [-0.25, -0.2) is 4.98 Å². The Bertz CT molecular complexity index is 376. The SMILES string of the molecule is CNCc1ccc(SCC(=O)NC2CC2)nc1. The minimum Gasteiger partial charge on any atom is -0.353 e. The Balaban J connectivity index is 1.75. The number of aromatic nitrogens is 1. The van der Waals surface area contributed by atoms with E-state index in [-0.39, 0.29) is 5.91 Å². The number of nitrogens with one attached hydrogen (secondary N) is 2. The van der Waals surface area contributed by atoms with Gasteiger partial charge in [-0.3, -0.25) is 4.79 Å². The predicted octanol–water partition coefficient (Wildman–Crippen LogP) is 1.17. The third-order valence-corrected chi connectivity index (χ3v) is 3.42. The molecule has 0 saturated heterocycles. The Morgan fingerprint density at radius 2 is 2.35 bits per heavy atom. The Hall–Kier alpha value is -1.07. The summed E-state index contributed by atoms with van der Waals surface area (Å²) in [6.45, 7) is 0.820. The summed E-state index contributed by atoms with van der Waals surface area (Å²) in [5, 5.41) is 6.93. The summed E-state index contributed by atoms with van der Waals surface area (Å²) in [5.74, 6) is 0.563. The molecule has 1 aliphatic carbocycles. The van der Waals surface area contributed by atoms with Crippen molar-refractivity contribution in [2.24, 2.45) is 0 Å². The average molecular weight is 251 g/mol. The zero-order chi connectivity index (χ0) is 12.1. The molecule has 2 N–H and O–H groups in total. The maximum absolute atomic E-state index is 11.5. The lowest BCUT2D eigenvalue weighted by Gasteiger charge is -2.04. The van der Waals surface area contributed by atoms with Gasteiger partial charge >= 0.3 is 0 Å². The van der Waals surface area contributed by atoms with Gasteiger partial charge in [-0.15, -0.1) is 0 Å². The molecule has 1 aromatic rings. The van der Waals surface area contributed by atoms with Crippen LogP contribution in [0.25, 0.3) is 0 Å². The van der Waals surface area contributed by atoms with Crippen molar-refractivity contribution in [1.29, 1.82) is 0 Å². The largest absolute Gasteiger partial charge is 0.353 e. The van der Waals surface area contributed by atoms with Crippen LogP contribution < -0.4 is 10.6 Å². The van der Waals surface area contributed by atoms with E-state index in [1.54, 1.807) is 0 Å². The van der Waals surface area contributed by atoms with E-state index < -0.39 is 0 Å². The van der Waals surface area contributed by atoms with Crippen LogP contribution in [-0.4, -0.2) is 29.7 Å². The third kappa shape index (κ3) is 4.36. The first-order chi connectivity index (χ1) is 8.28. The number of amides is 1. The van der Waals surface area contributed by atoms with Gasteiger partial charge < -0.3 is 10.6 Å². The van der Waals surface area contributed by atoms with Gasteiger partial charge in [-0.05, 0) is 31.5 Å². The van der Waals surface area contributed by atoms with Crippen LogP contribution in [0.3, 0.4) is 0 Å². The van der Waals surface area contributed by atoms with Crippen molar-refractivity contribution in [3.05, 3.63) is 23.9 Å². The average Bonchev–Trinajstić information content (AvgIpc) is 3.12. The molecule has 0 unspecified atom stereocenters. The molecule has 2 rings (SSSR count). The molecule has 5 heteroatoms. The number of hydrogen-bond acceptors (Lipinski definition) is 4. The Morgan fingerprint density at radius 1 is 1.53 bits per heavy atom. The molecule has 4 nitrogen and oxygen atoms in total. The molecule has 17 heavy (non-hydrogen) atoms. The second-order valence-corrected chi connectivity index (χ2v) is 5.16. The fourth-order valence-corrected chi connectivity index (χ4v) is 2.10. The number of hydrogen-bond donors (Lipinski definition) is 2. The number of rotatable bonds is 6. The monoisotopic (exact) mass is 251 g/mol. The summed E-state index contributed by atoms with van der Waals surface area (Å²) < 4.78 is 0. The minimum absolute atomic E-state index is 0.110. The molecule has 1 fully saturated rings. The molecule has 0 spiro atoms. The smallest absolute Gasteiger partial charge is 0.230 e. The second-order valence-electron chi connectivity index (χ2n) is 4.17. The normalized spacial score (nSPS) is 14.6. The molecule has 1 heterocycles.